The second kappa shape index (κ2) is 5.85. The molecule has 19 heavy (non-hydrogen) atoms. The normalized spacial score (nSPS) is 10.7. The smallest absolute Gasteiger partial charge is 0.136 e. The van der Waals surface area contributed by atoms with Gasteiger partial charge in [0.05, 0.1) is 6.61 Å². The van der Waals surface area contributed by atoms with Crippen LogP contribution < -0.4 is 4.90 Å². The molecule has 0 aliphatic rings. The monoisotopic (exact) mass is 256 g/mol. The van der Waals surface area contributed by atoms with E-state index in [4.69, 9.17) is 0 Å². The van der Waals surface area contributed by atoms with Crippen LogP contribution in [0.1, 0.15) is 19.4 Å². The second-order valence-electron chi connectivity index (χ2n) is 4.78. The van der Waals surface area contributed by atoms with Crippen LogP contribution in [-0.2, 0) is 6.61 Å². The molecule has 0 atom stereocenters. The van der Waals surface area contributed by atoms with Crippen LogP contribution in [0.15, 0.2) is 42.6 Å². The molecule has 0 amide bonds. The van der Waals surface area contributed by atoms with Crippen LogP contribution in [0.5, 0.6) is 0 Å². The summed E-state index contributed by atoms with van der Waals surface area (Å²) in [5.74, 6) is 0.957. The number of fused-ring (bicyclic) bond motifs is 1. The fourth-order valence-electron chi connectivity index (χ4n) is 2.28. The van der Waals surface area contributed by atoms with Crippen molar-refractivity contribution >= 4 is 16.6 Å². The van der Waals surface area contributed by atoms with E-state index in [0.29, 0.717) is 0 Å². The van der Waals surface area contributed by atoms with Gasteiger partial charge >= 0.3 is 0 Å². The molecule has 0 spiro atoms. The number of hydrogen-bond acceptors (Lipinski definition) is 3. The van der Waals surface area contributed by atoms with Crippen LogP contribution in [-0.4, -0.2) is 23.2 Å². The lowest BCUT2D eigenvalue weighted by molar-refractivity contribution is 0.283. The third-order valence-electron chi connectivity index (χ3n) is 3.17. The number of hydrogen-bond donors (Lipinski definition) is 1. The fourth-order valence-corrected chi connectivity index (χ4v) is 2.28. The average Bonchev–Trinajstić information content (AvgIpc) is 2.43. The van der Waals surface area contributed by atoms with Gasteiger partial charge in [0.2, 0.25) is 0 Å². The molecule has 3 heteroatoms. The van der Waals surface area contributed by atoms with Gasteiger partial charge in [0.25, 0.3) is 0 Å². The van der Waals surface area contributed by atoms with Crippen LogP contribution in [0.3, 0.4) is 0 Å². The lowest BCUT2D eigenvalue weighted by Crippen LogP contribution is -2.25. The van der Waals surface area contributed by atoms with E-state index in [1.165, 1.54) is 0 Å². The van der Waals surface area contributed by atoms with E-state index >= 15 is 0 Å². The van der Waals surface area contributed by atoms with Gasteiger partial charge in [0, 0.05) is 30.2 Å². The first-order chi connectivity index (χ1) is 9.17. The van der Waals surface area contributed by atoms with Gasteiger partial charge in [-0.2, -0.15) is 0 Å². The Morgan fingerprint density at radius 2 is 2.00 bits per heavy atom. The maximum absolute atomic E-state index is 9.40. The molecule has 0 aliphatic heterocycles. The van der Waals surface area contributed by atoms with Crippen LogP contribution in [0.25, 0.3) is 10.8 Å². The maximum atomic E-state index is 9.40. The van der Waals surface area contributed by atoms with Crippen molar-refractivity contribution in [3.8, 4) is 0 Å². The van der Waals surface area contributed by atoms with Crippen LogP contribution in [0.2, 0.25) is 0 Å². The van der Waals surface area contributed by atoms with Gasteiger partial charge < -0.3 is 10.0 Å². The van der Waals surface area contributed by atoms with Crippen LogP contribution >= 0.6 is 0 Å². The van der Waals surface area contributed by atoms with E-state index in [0.717, 1.165) is 40.8 Å². The van der Waals surface area contributed by atoms with Gasteiger partial charge in [-0.3, -0.25) is 0 Å². The molecule has 1 N–H and O–H groups in total. The molecule has 0 bridgehead atoms. The number of benzene rings is 1. The lowest BCUT2D eigenvalue weighted by atomic mass is 10.1. The van der Waals surface area contributed by atoms with Crippen molar-refractivity contribution in [2.24, 2.45) is 0 Å². The standard InChI is InChI=1S/C16H20N2O/c1-4-18(10-12(2)3)16-15-8-6-5-7-14(15)13(11-19)9-17-16/h5-9,19H,2,4,10-11H2,1,3H3. The number of aliphatic hydroxyl groups is 1. The van der Waals surface area contributed by atoms with E-state index in [2.05, 4.69) is 29.5 Å². The minimum Gasteiger partial charge on any atom is -0.392 e. The quantitative estimate of drug-likeness (QED) is 0.835. The Bertz CT molecular complexity index is 592. The number of rotatable bonds is 5. The molecule has 3 nitrogen and oxygen atoms in total. The van der Waals surface area contributed by atoms with E-state index in [1.807, 2.05) is 25.1 Å². The van der Waals surface area contributed by atoms with Gasteiger partial charge in [0.1, 0.15) is 5.82 Å². The van der Waals surface area contributed by atoms with Crippen LogP contribution in [0.4, 0.5) is 5.82 Å². The van der Waals surface area contributed by atoms with Crippen molar-refractivity contribution in [1.82, 2.24) is 4.98 Å². The number of anilines is 1. The van der Waals surface area contributed by atoms with Gasteiger partial charge in [-0.15, -0.1) is 0 Å². The first-order valence-electron chi connectivity index (χ1n) is 6.54. The number of aliphatic hydroxyl groups excluding tert-OH is 1. The zero-order valence-corrected chi connectivity index (χ0v) is 11.6. The highest BCUT2D eigenvalue weighted by Crippen LogP contribution is 2.27. The largest absolute Gasteiger partial charge is 0.392 e. The van der Waals surface area contributed by atoms with Crippen molar-refractivity contribution in [3.63, 3.8) is 0 Å². The van der Waals surface area contributed by atoms with Crippen molar-refractivity contribution < 1.29 is 5.11 Å². The predicted octanol–water partition coefficient (Wildman–Crippen LogP) is 3.13. The SMILES string of the molecule is C=C(C)CN(CC)c1ncc(CO)c2ccccc12. The highest BCUT2D eigenvalue weighted by atomic mass is 16.3. The minimum absolute atomic E-state index is 0.0143. The van der Waals surface area contributed by atoms with Crippen molar-refractivity contribution in [2.75, 3.05) is 18.0 Å². The van der Waals surface area contributed by atoms with E-state index < -0.39 is 0 Å². The Morgan fingerprint density at radius 1 is 1.32 bits per heavy atom. The summed E-state index contributed by atoms with van der Waals surface area (Å²) >= 11 is 0. The van der Waals surface area contributed by atoms with Crippen molar-refractivity contribution in [2.45, 2.75) is 20.5 Å². The Hall–Kier alpha value is -1.87. The molecule has 1 aromatic carbocycles. The van der Waals surface area contributed by atoms with Crippen LogP contribution in [0, 0.1) is 0 Å². The third-order valence-corrected chi connectivity index (χ3v) is 3.17. The molecule has 0 aliphatic carbocycles. The first-order valence-corrected chi connectivity index (χ1v) is 6.54. The van der Waals surface area contributed by atoms with Gasteiger partial charge in [-0.1, -0.05) is 36.4 Å². The summed E-state index contributed by atoms with van der Waals surface area (Å²) in [6.45, 7) is 9.79. The minimum atomic E-state index is 0.0143. The summed E-state index contributed by atoms with van der Waals surface area (Å²) < 4.78 is 0. The molecule has 0 saturated heterocycles. The molecule has 0 radical (unpaired) electrons. The highest BCUT2D eigenvalue weighted by molar-refractivity contribution is 5.94. The van der Waals surface area contributed by atoms with E-state index in [1.54, 1.807) is 6.20 Å². The number of likely N-dealkylation sites (N-methyl/N-ethyl adjacent to an activating group) is 1. The fraction of sp³-hybridized carbons (Fsp3) is 0.312. The summed E-state index contributed by atoms with van der Waals surface area (Å²) in [7, 11) is 0. The molecule has 100 valence electrons. The lowest BCUT2D eigenvalue weighted by Gasteiger charge is -2.24. The highest BCUT2D eigenvalue weighted by Gasteiger charge is 2.12. The first kappa shape index (κ1) is 13.6. The molecule has 2 aromatic rings. The Kier molecular flexibility index (Phi) is 4.17. The summed E-state index contributed by atoms with van der Waals surface area (Å²) in [5, 5.41) is 11.5. The number of pyridine rings is 1. The maximum Gasteiger partial charge on any atom is 0.136 e. The zero-order chi connectivity index (χ0) is 13.8. The number of aromatic nitrogens is 1. The van der Waals surface area contributed by atoms with Crippen molar-refractivity contribution in [1.29, 1.82) is 0 Å². The molecule has 2 rings (SSSR count). The average molecular weight is 256 g/mol. The summed E-state index contributed by atoms with van der Waals surface area (Å²) in [6.07, 6.45) is 1.76. The topological polar surface area (TPSA) is 36.4 Å². The Balaban J connectivity index is 2.57. The zero-order valence-electron chi connectivity index (χ0n) is 11.6. The number of nitrogens with zero attached hydrogens (tertiary/aromatic N) is 2. The third kappa shape index (κ3) is 2.76. The molecular formula is C16H20N2O. The van der Waals surface area contributed by atoms with Gasteiger partial charge in [-0.05, 0) is 19.2 Å². The van der Waals surface area contributed by atoms with Gasteiger partial charge in [-0.25, -0.2) is 4.98 Å². The summed E-state index contributed by atoms with van der Waals surface area (Å²) in [5.41, 5.74) is 1.98. The Labute approximate surface area is 114 Å². The summed E-state index contributed by atoms with van der Waals surface area (Å²) in [4.78, 5) is 6.73. The van der Waals surface area contributed by atoms with Gasteiger partial charge in [0.15, 0.2) is 0 Å². The predicted molar refractivity (Wildman–Crippen MR) is 80.4 cm³/mol. The molecule has 1 aromatic heterocycles. The molecule has 0 unspecified atom stereocenters. The van der Waals surface area contributed by atoms with E-state index in [9.17, 15) is 5.11 Å². The molecular weight excluding hydrogens is 236 g/mol. The summed E-state index contributed by atoms with van der Waals surface area (Å²) in [6, 6.07) is 8.07. The molecule has 0 saturated carbocycles. The van der Waals surface area contributed by atoms with E-state index in [-0.39, 0.29) is 6.61 Å². The molecule has 1 heterocycles. The second-order valence-corrected chi connectivity index (χ2v) is 4.78. The Morgan fingerprint density at radius 3 is 2.58 bits per heavy atom. The van der Waals surface area contributed by atoms with Crippen molar-refractivity contribution in [3.05, 3.63) is 48.2 Å². The molecule has 0 fully saturated rings.